The number of sulfonamides is 1. The van der Waals surface area contributed by atoms with Crippen LogP contribution in [0.3, 0.4) is 0 Å². The summed E-state index contributed by atoms with van der Waals surface area (Å²) in [6.07, 6.45) is 2.26. The fourth-order valence-electron chi connectivity index (χ4n) is 4.15. The van der Waals surface area contributed by atoms with Crippen molar-refractivity contribution < 1.29 is 23.1 Å². The van der Waals surface area contributed by atoms with Gasteiger partial charge in [-0.15, -0.1) is 0 Å². The van der Waals surface area contributed by atoms with Crippen molar-refractivity contribution in [1.29, 1.82) is 0 Å². The number of carboxylic acids is 1. The molecule has 1 heterocycles. The van der Waals surface area contributed by atoms with Gasteiger partial charge in [-0.25, -0.2) is 13.1 Å². The van der Waals surface area contributed by atoms with Crippen LogP contribution >= 0.6 is 0 Å². The molecule has 1 aromatic rings. The van der Waals surface area contributed by atoms with Crippen LogP contribution in [-0.2, 0) is 14.8 Å². The molecule has 0 spiro atoms. The Morgan fingerprint density at radius 1 is 1.35 bits per heavy atom. The molecular weight excluding hydrogens is 356 g/mol. The molecule has 1 amide bonds. The Morgan fingerprint density at radius 3 is 2.69 bits per heavy atom. The number of carbonyl (C=O) groups is 2. The molecule has 1 aliphatic heterocycles. The minimum Gasteiger partial charge on any atom is -0.481 e. The van der Waals surface area contributed by atoms with Crippen molar-refractivity contribution in [3.63, 3.8) is 0 Å². The lowest BCUT2D eigenvalue weighted by atomic mass is 9.81. The second-order valence-electron chi connectivity index (χ2n) is 7.54. The van der Waals surface area contributed by atoms with Crippen molar-refractivity contribution in [2.45, 2.75) is 44.0 Å². The molecule has 0 unspecified atom stereocenters. The summed E-state index contributed by atoms with van der Waals surface area (Å²) < 4.78 is 27.1. The second kappa shape index (κ2) is 6.66. The zero-order chi connectivity index (χ0) is 19.1. The minimum atomic E-state index is -3.69. The molecule has 1 aliphatic carbocycles. The van der Waals surface area contributed by atoms with Crippen LogP contribution in [0.2, 0.25) is 0 Å². The van der Waals surface area contributed by atoms with E-state index in [0.717, 1.165) is 12.8 Å². The van der Waals surface area contributed by atoms with Gasteiger partial charge in [0.05, 0.1) is 10.3 Å². The fraction of sp³-hybridized carbons (Fsp3) is 0.556. The van der Waals surface area contributed by atoms with Crippen molar-refractivity contribution in [1.82, 2.24) is 9.62 Å². The smallest absolute Gasteiger partial charge is 0.311 e. The Balaban J connectivity index is 1.84. The van der Waals surface area contributed by atoms with E-state index in [1.165, 1.54) is 18.2 Å². The number of fused-ring (bicyclic) bond motifs is 1. The standard InChI is InChI=1S/C18H24N2O5S/c1-12(2)19-26(24,25)15-7-3-5-13(9-15)16(21)20-10-14-6-4-8-18(14,11-20)17(22)23/h3,5,7,9,12,14,19H,4,6,8,10-11H2,1-2H3,(H,22,23)/t14-,18+/m0/s1. The maximum atomic E-state index is 12.9. The lowest BCUT2D eigenvalue weighted by Gasteiger charge is -2.23. The molecule has 26 heavy (non-hydrogen) atoms. The lowest BCUT2D eigenvalue weighted by molar-refractivity contribution is -0.149. The molecule has 0 bridgehead atoms. The van der Waals surface area contributed by atoms with Gasteiger partial charge >= 0.3 is 5.97 Å². The Morgan fingerprint density at radius 2 is 2.08 bits per heavy atom. The zero-order valence-electron chi connectivity index (χ0n) is 14.9. The van der Waals surface area contributed by atoms with Crippen LogP contribution in [0.25, 0.3) is 0 Å². The van der Waals surface area contributed by atoms with Crippen molar-refractivity contribution in [2.24, 2.45) is 11.3 Å². The molecule has 1 saturated carbocycles. The average molecular weight is 380 g/mol. The summed E-state index contributed by atoms with van der Waals surface area (Å²) in [5.41, 5.74) is -0.587. The predicted molar refractivity (Wildman–Crippen MR) is 95.2 cm³/mol. The predicted octanol–water partition coefficient (Wildman–Crippen LogP) is 1.70. The van der Waals surface area contributed by atoms with Crippen molar-refractivity contribution in [3.05, 3.63) is 29.8 Å². The molecule has 2 N–H and O–H groups in total. The largest absolute Gasteiger partial charge is 0.481 e. The summed E-state index contributed by atoms with van der Waals surface area (Å²) in [4.78, 5) is 26.2. The average Bonchev–Trinajstić information content (AvgIpc) is 3.11. The van der Waals surface area contributed by atoms with Gasteiger partial charge in [0.2, 0.25) is 10.0 Å². The summed E-state index contributed by atoms with van der Waals surface area (Å²) >= 11 is 0. The van der Waals surface area contributed by atoms with E-state index in [1.54, 1.807) is 24.8 Å². The summed E-state index contributed by atoms with van der Waals surface area (Å²) in [5, 5.41) is 9.65. The fourth-order valence-corrected chi connectivity index (χ4v) is 5.45. The summed E-state index contributed by atoms with van der Waals surface area (Å²) in [6.45, 7) is 4.04. The van der Waals surface area contributed by atoms with Crippen LogP contribution in [0.15, 0.2) is 29.2 Å². The third kappa shape index (κ3) is 3.23. The van der Waals surface area contributed by atoms with E-state index < -0.39 is 21.4 Å². The number of rotatable bonds is 5. The second-order valence-corrected chi connectivity index (χ2v) is 9.25. The summed E-state index contributed by atoms with van der Waals surface area (Å²) in [6, 6.07) is 5.64. The molecule has 3 rings (SSSR count). The van der Waals surface area contributed by atoms with Crippen LogP contribution in [0, 0.1) is 11.3 Å². The molecule has 0 radical (unpaired) electrons. The van der Waals surface area contributed by atoms with Gasteiger partial charge < -0.3 is 10.0 Å². The minimum absolute atomic E-state index is 0.0292. The highest BCUT2D eigenvalue weighted by Gasteiger charge is 2.55. The van der Waals surface area contributed by atoms with Gasteiger partial charge in [0.1, 0.15) is 0 Å². The highest BCUT2D eigenvalue weighted by Crippen LogP contribution is 2.49. The van der Waals surface area contributed by atoms with E-state index in [0.29, 0.717) is 13.0 Å². The van der Waals surface area contributed by atoms with Gasteiger partial charge in [-0.1, -0.05) is 12.5 Å². The number of aliphatic carboxylic acids is 1. The van der Waals surface area contributed by atoms with Crippen molar-refractivity contribution in [2.75, 3.05) is 13.1 Å². The van der Waals surface area contributed by atoms with Gasteiger partial charge in [0, 0.05) is 24.7 Å². The van der Waals surface area contributed by atoms with Crippen molar-refractivity contribution >= 4 is 21.9 Å². The first-order valence-electron chi connectivity index (χ1n) is 8.81. The number of benzene rings is 1. The molecule has 2 atom stereocenters. The van der Waals surface area contributed by atoms with Crippen LogP contribution < -0.4 is 4.72 Å². The van der Waals surface area contributed by atoms with Gasteiger partial charge in [0.25, 0.3) is 5.91 Å². The first-order valence-corrected chi connectivity index (χ1v) is 10.3. The highest BCUT2D eigenvalue weighted by atomic mass is 32.2. The molecule has 142 valence electrons. The van der Waals surface area contributed by atoms with E-state index in [2.05, 4.69) is 4.72 Å². The van der Waals surface area contributed by atoms with E-state index >= 15 is 0 Å². The Hall–Kier alpha value is -1.93. The summed E-state index contributed by atoms with van der Waals surface area (Å²) in [5.74, 6) is -1.19. The summed E-state index contributed by atoms with van der Waals surface area (Å²) in [7, 11) is -3.69. The number of carboxylic acid groups (broad SMARTS) is 1. The first kappa shape index (κ1) is 18.8. The molecule has 2 fully saturated rings. The highest BCUT2D eigenvalue weighted by molar-refractivity contribution is 7.89. The molecule has 1 aromatic carbocycles. The number of nitrogens with zero attached hydrogens (tertiary/aromatic N) is 1. The zero-order valence-corrected chi connectivity index (χ0v) is 15.8. The van der Waals surface area contributed by atoms with Gasteiger partial charge in [-0.2, -0.15) is 0 Å². The molecular formula is C18H24N2O5S. The van der Waals surface area contributed by atoms with Gasteiger partial charge in [0.15, 0.2) is 0 Å². The van der Waals surface area contributed by atoms with E-state index in [1.807, 2.05) is 0 Å². The van der Waals surface area contributed by atoms with E-state index in [4.69, 9.17) is 0 Å². The van der Waals surface area contributed by atoms with Crippen LogP contribution in [-0.4, -0.2) is 49.4 Å². The van der Waals surface area contributed by atoms with E-state index in [9.17, 15) is 23.1 Å². The molecule has 0 aromatic heterocycles. The number of carbonyl (C=O) groups excluding carboxylic acids is 1. The molecule has 8 heteroatoms. The molecule has 2 aliphatic rings. The maximum Gasteiger partial charge on any atom is 0.311 e. The lowest BCUT2D eigenvalue weighted by Crippen LogP contribution is -2.37. The number of likely N-dealkylation sites (tertiary alicyclic amines) is 1. The number of nitrogens with one attached hydrogen (secondary N) is 1. The monoisotopic (exact) mass is 380 g/mol. The Bertz CT molecular complexity index is 836. The quantitative estimate of drug-likeness (QED) is 0.809. The third-order valence-corrected chi connectivity index (χ3v) is 7.02. The topological polar surface area (TPSA) is 104 Å². The Kier molecular flexibility index (Phi) is 4.83. The number of hydrogen-bond acceptors (Lipinski definition) is 4. The van der Waals surface area contributed by atoms with Crippen molar-refractivity contribution in [3.8, 4) is 0 Å². The molecule has 1 saturated heterocycles. The van der Waals surface area contributed by atoms with E-state index in [-0.39, 0.29) is 34.9 Å². The normalized spacial score (nSPS) is 25.5. The number of hydrogen-bond donors (Lipinski definition) is 2. The SMILES string of the molecule is CC(C)NS(=O)(=O)c1cccc(C(=O)N2C[C@@H]3CCC[C@@]3(C(=O)O)C2)c1. The maximum absolute atomic E-state index is 12.9. The Labute approximate surface area is 153 Å². The van der Waals surface area contributed by atoms with Crippen LogP contribution in [0.4, 0.5) is 0 Å². The first-order chi connectivity index (χ1) is 12.2. The molecule has 7 nitrogen and oxygen atoms in total. The van der Waals surface area contributed by atoms with Crippen LogP contribution in [0.1, 0.15) is 43.5 Å². The van der Waals surface area contributed by atoms with Gasteiger partial charge in [-0.3, -0.25) is 9.59 Å². The van der Waals surface area contributed by atoms with Gasteiger partial charge in [-0.05, 0) is 50.8 Å². The van der Waals surface area contributed by atoms with Crippen LogP contribution in [0.5, 0.6) is 0 Å². The number of amides is 1. The third-order valence-electron chi connectivity index (χ3n) is 5.37.